The molecular formula is C23H20N2O2. The van der Waals surface area contributed by atoms with Gasteiger partial charge in [0, 0.05) is 5.56 Å². The first-order chi connectivity index (χ1) is 13.2. The number of aromatic nitrogens is 2. The first kappa shape index (κ1) is 17.0. The minimum Gasteiger partial charge on any atom is -0.486 e. The number of imidazole rings is 1. The molecule has 4 aromatic rings. The Kier molecular flexibility index (Phi) is 4.71. The lowest BCUT2D eigenvalue weighted by atomic mass is 10.1. The first-order valence-electron chi connectivity index (χ1n) is 8.92. The second-order valence-corrected chi connectivity index (χ2v) is 6.49. The maximum absolute atomic E-state index is 12.7. The third-order valence-corrected chi connectivity index (χ3v) is 4.52. The maximum atomic E-state index is 12.7. The highest BCUT2D eigenvalue weighted by molar-refractivity contribution is 5.96. The molecule has 0 radical (unpaired) electrons. The van der Waals surface area contributed by atoms with Gasteiger partial charge in [0.1, 0.15) is 18.2 Å². The van der Waals surface area contributed by atoms with Gasteiger partial charge in [0.2, 0.25) is 0 Å². The molecule has 0 aliphatic carbocycles. The second kappa shape index (κ2) is 7.46. The fraction of sp³-hybridized carbons (Fsp3) is 0.130. The Morgan fingerprint density at radius 1 is 0.926 bits per heavy atom. The number of Topliss-reactive ketones (excluding diaryl/α,β-unsaturated/α-hetero) is 1. The van der Waals surface area contributed by atoms with E-state index >= 15 is 0 Å². The summed E-state index contributed by atoms with van der Waals surface area (Å²) < 4.78 is 7.85. The van der Waals surface area contributed by atoms with Gasteiger partial charge >= 0.3 is 0 Å². The summed E-state index contributed by atoms with van der Waals surface area (Å²) in [5.41, 5.74) is 3.67. The van der Waals surface area contributed by atoms with Gasteiger partial charge in [-0.15, -0.1) is 0 Å². The first-order valence-corrected chi connectivity index (χ1v) is 8.92. The Balaban J connectivity index is 1.62. The van der Waals surface area contributed by atoms with Crippen LogP contribution in [-0.4, -0.2) is 15.3 Å². The molecule has 1 aromatic heterocycles. The van der Waals surface area contributed by atoms with Gasteiger partial charge in [0.05, 0.1) is 17.6 Å². The smallest absolute Gasteiger partial charge is 0.182 e. The Labute approximate surface area is 158 Å². The molecule has 0 N–H and O–H groups in total. The summed E-state index contributed by atoms with van der Waals surface area (Å²) in [7, 11) is 0. The summed E-state index contributed by atoms with van der Waals surface area (Å²) in [6, 6.07) is 25.1. The lowest BCUT2D eigenvalue weighted by molar-refractivity contribution is 0.0971. The highest BCUT2D eigenvalue weighted by Gasteiger charge is 2.15. The van der Waals surface area contributed by atoms with Crippen molar-refractivity contribution in [1.29, 1.82) is 0 Å². The average molecular weight is 356 g/mol. The van der Waals surface area contributed by atoms with Gasteiger partial charge in [0.25, 0.3) is 0 Å². The Bertz CT molecular complexity index is 1070. The summed E-state index contributed by atoms with van der Waals surface area (Å²) in [5, 5.41) is 0. The van der Waals surface area contributed by atoms with Crippen LogP contribution in [0.4, 0.5) is 0 Å². The molecule has 4 heteroatoms. The molecule has 0 atom stereocenters. The van der Waals surface area contributed by atoms with E-state index in [4.69, 9.17) is 4.74 Å². The van der Waals surface area contributed by atoms with Crippen LogP contribution >= 0.6 is 0 Å². The number of rotatable bonds is 6. The van der Waals surface area contributed by atoms with Crippen molar-refractivity contribution in [2.45, 2.75) is 20.1 Å². The average Bonchev–Trinajstić information content (AvgIpc) is 3.06. The van der Waals surface area contributed by atoms with Gasteiger partial charge in [0.15, 0.2) is 5.78 Å². The van der Waals surface area contributed by atoms with Crippen molar-refractivity contribution in [1.82, 2.24) is 9.55 Å². The highest BCUT2D eigenvalue weighted by Crippen LogP contribution is 2.19. The summed E-state index contributed by atoms with van der Waals surface area (Å²) in [6.07, 6.45) is 0. The Morgan fingerprint density at radius 2 is 1.63 bits per heavy atom. The highest BCUT2D eigenvalue weighted by atomic mass is 16.5. The van der Waals surface area contributed by atoms with Gasteiger partial charge < -0.3 is 9.30 Å². The summed E-state index contributed by atoms with van der Waals surface area (Å²) in [4.78, 5) is 17.4. The molecule has 0 spiro atoms. The zero-order valence-corrected chi connectivity index (χ0v) is 15.1. The molecule has 0 saturated heterocycles. The topological polar surface area (TPSA) is 44.1 Å². The largest absolute Gasteiger partial charge is 0.486 e. The summed E-state index contributed by atoms with van der Waals surface area (Å²) >= 11 is 0. The molecule has 0 aliphatic heterocycles. The van der Waals surface area contributed by atoms with Gasteiger partial charge in [-0.1, -0.05) is 60.2 Å². The zero-order valence-electron chi connectivity index (χ0n) is 15.1. The van der Waals surface area contributed by atoms with Crippen LogP contribution in [0.5, 0.6) is 5.75 Å². The minimum atomic E-state index is 0.0512. The molecule has 4 nitrogen and oxygen atoms in total. The van der Waals surface area contributed by atoms with E-state index < -0.39 is 0 Å². The number of hydrogen-bond acceptors (Lipinski definition) is 3. The molecule has 134 valence electrons. The number of para-hydroxylation sites is 2. The van der Waals surface area contributed by atoms with Crippen LogP contribution in [-0.2, 0) is 13.2 Å². The van der Waals surface area contributed by atoms with Crippen molar-refractivity contribution >= 4 is 16.8 Å². The minimum absolute atomic E-state index is 0.0512. The lowest BCUT2D eigenvalue weighted by Gasteiger charge is -2.10. The number of carbonyl (C=O) groups is 1. The number of ketones is 1. The van der Waals surface area contributed by atoms with Crippen molar-refractivity contribution in [3.8, 4) is 5.75 Å². The molecule has 27 heavy (non-hydrogen) atoms. The number of fused-ring (bicyclic) bond motifs is 1. The second-order valence-electron chi connectivity index (χ2n) is 6.49. The number of ether oxygens (including phenoxy) is 1. The van der Waals surface area contributed by atoms with Crippen LogP contribution in [0.3, 0.4) is 0 Å². The van der Waals surface area contributed by atoms with Gasteiger partial charge in [-0.05, 0) is 31.2 Å². The van der Waals surface area contributed by atoms with Gasteiger partial charge in [-0.25, -0.2) is 4.98 Å². The van der Waals surface area contributed by atoms with E-state index in [0.29, 0.717) is 12.2 Å². The third kappa shape index (κ3) is 3.75. The Hall–Kier alpha value is -3.40. The van der Waals surface area contributed by atoms with Crippen molar-refractivity contribution in [3.63, 3.8) is 0 Å². The molecule has 0 aliphatic rings. The number of hydrogen-bond donors (Lipinski definition) is 0. The van der Waals surface area contributed by atoms with E-state index in [1.807, 2.05) is 90.4 Å². The molecule has 1 heterocycles. The van der Waals surface area contributed by atoms with Crippen molar-refractivity contribution in [2.24, 2.45) is 0 Å². The number of benzene rings is 3. The van der Waals surface area contributed by atoms with E-state index in [1.165, 1.54) is 5.56 Å². The standard InChI is InChI=1S/C23H20N2O2/c1-17-11-13-19(14-12-17)27-16-23-24-20-9-5-6-10-21(20)25(23)15-22(26)18-7-3-2-4-8-18/h2-14H,15-16H2,1H3. The zero-order chi connectivity index (χ0) is 18.6. The van der Waals surface area contributed by atoms with E-state index in [2.05, 4.69) is 4.98 Å². The van der Waals surface area contributed by atoms with E-state index in [1.54, 1.807) is 0 Å². The van der Waals surface area contributed by atoms with Crippen molar-refractivity contribution in [3.05, 3.63) is 95.8 Å². The number of nitrogens with zero attached hydrogens (tertiary/aromatic N) is 2. The van der Waals surface area contributed by atoms with Crippen LogP contribution in [0.1, 0.15) is 21.7 Å². The fourth-order valence-electron chi connectivity index (χ4n) is 3.05. The molecule has 0 fully saturated rings. The monoisotopic (exact) mass is 356 g/mol. The van der Waals surface area contributed by atoms with E-state index in [-0.39, 0.29) is 12.3 Å². The normalized spacial score (nSPS) is 10.9. The number of carbonyl (C=O) groups excluding carboxylic acids is 1. The van der Waals surface area contributed by atoms with Crippen LogP contribution < -0.4 is 4.74 Å². The summed E-state index contributed by atoms with van der Waals surface area (Å²) in [5.74, 6) is 1.57. The van der Waals surface area contributed by atoms with E-state index in [0.717, 1.165) is 22.6 Å². The Morgan fingerprint density at radius 3 is 2.41 bits per heavy atom. The van der Waals surface area contributed by atoms with Crippen LogP contribution in [0, 0.1) is 6.92 Å². The third-order valence-electron chi connectivity index (χ3n) is 4.52. The van der Waals surface area contributed by atoms with Crippen LogP contribution in [0.15, 0.2) is 78.9 Å². The van der Waals surface area contributed by atoms with Gasteiger partial charge in [-0.3, -0.25) is 4.79 Å². The van der Waals surface area contributed by atoms with Crippen LogP contribution in [0.2, 0.25) is 0 Å². The van der Waals surface area contributed by atoms with Crippen molar-refractivity contribution in [2.75, 3.05) is 0 Å². The molecule has 0 unspecified atom stereocenters. The SMILES string of the molecule is Cc1ccc(OCc2nc3ccccc3n2CC(=O)c2ccccc2)cc1. The molecule has 0 bridgehead atoms. The predicted octanol–water partition coefficient (Wildman–Crippen LogP) is 4.81. The molecule has 4 rings (SSSR count). The molecule has 0 saturated carbocycles. The van der Waals surface area contributed by atoms with Crippen molar-refractivity contribution < 1.29 is 9.53 Å². The predicted molar refractivity (Wildman–Crippen MR) is 106 cm³/mol. The quantitative estimate of drug-likeness (QED) is 0.466. The summed E-state index contributed by atoms with van der Waals surface area (Å²) in [6.45, 7) is 2.58. The number of aryl methyl sites for hydroxylation is 1. The fourth-order valence-corrected chi connectivity index (χ4v) is 3.05. The van der Waals surface area contributed by atoms with Crippen LogP contribution in [0.25, 0.3) is 11.0 Å². The molecule has 0 amide bonds. The van der Waals surface area contributed by atoms with Gasteiger partial charge in [-0.2, -0.15) is 0 Å². The maximum Gasteiger partial charge on any atom is 0.182 e. The lowest BCUT2D eigenvalue weighted by Crippen LogP contribution is -2.14. The molecule has 3 aromatic carbocycles. The van der Waals surface area contributed by atoms with E-state index in [9.17, 15) is 4.79 Å². The molecular weight excluding hydrogens is 336 g/mol.